The molecule has 0 aromatic rings. The van der Waals surface area contributed by atoms with Crippen LogP contribution in [-0.4, -0.2) is 0 Å². The van der Waals surface area contributed by atoms with Gasteiger partial charge in [0.05, 0.1) is 0 Å². The molecule has 0 saturated heterocycles. The molecule has 0 amide bonds. The average Bonchev–Trinajstić information content (AvgIpc) is 1.89. The van der Waals surface area contributed by atoms with Crippen LogP contribution in [0.15, 0.2) is 34.9 Å². The second-order valence-corrected chi connectivity index (χ2v) is 2.43. The molecule has 0 aromatic carbocycles. The van der Waals surface area contributed by atoms with Crippen molar-refractivity contribution in [3.8, 4) is 0 Å². The van der Waals surface area contributed by atoms with Gasteiger partial charge in [-0.1, -0.05) is 12.7 Å². The molecule has 9 heavy (non-hydrogen) atoms. The first kappa shape index (κ1) is 6.34. The molecule has 1 aliphatic rings. The van der Waals surface area contributed by atoms with Crippen LogP contribution in [0.2, 0.25) is 0 Å². The highest BCUT2D eigenvalue weighted by Gasteiger charge is 2.18. The summed E-state index contributed by atoms with van der Waals surface area (Å²) in [4.78, 5) is 0. The molecule has 0 aromatic heterocycles. The van der Waals surface area contributed by atoms with E-state index >= 15 is 0 Å². The van der Waals surface area contributed by atoms with Gasteiger partial charge < -0.3 is 0 Å². The average molecular weight is 120 g/mol. The third-order valence-electron chi connectivity index (χ3n) is 2.03. The largest absolute Gasteiger partial charge is 0.0909 e. The topological polar surface area (TPSA) is 0 Å². The molecular formula is C9H12. The smallest absolute Gasteiger partial charge is 0.0198 e. The Kier molecular flexibility index (Phi) is 1.32. The molecular weight excluding hydrogens is 108 g/mol. The number of hydrogen-bond acceptors (Lipinski definition) is 0. The molecule has 0 N–H and O–H groups in total. The molecule has 1 aliphatic carbocycles. The zero-order valence-electron chi connectivity index (χ0n) is 6.28. The predicted octanol–water partition coefficient (Wildman–Crippen LogP) is 2.84. The maximum Gasteiger partial charge on any atom is -0.0198 e. The molecule has 0 fully saturated rings. The van der Waals surface area contributed by atoms with E-state index in [-0.39, 0.29) is 0 Å². The van der Waals surface area contributed by atoms with E-state index in [0.717, 1.165) is 0 Å². The van der Waals surface area contributed by atoms with Crippen LogP contribution in [0.3, 0.4) is 0 Å². The fraction of sp³-hybridized carbons (Fsp3) is 0.333. The van der Waals surface area contributed by atoms with Crippen molar-refractivity contribution in [2.24, 2.45) is 0 Å². The van der Waals surface area contributed by atoms with Crippen LogP contribution < -0.4 is 0 Å². The van der Waals surface area contributed by atoms with Gasteiger partial charge in [0.15, 0.2) is 0 Å². The summed E-state index contributed by atoms with van der Waals surface area (Å²) in [5.74, 6) is 0. The fourth-order valence-electron chi connectivity index (χ4n) is 1.18. The van der Waals surface area contributed by atoms with E-state index in [0.29, 0.717) is 0 Å². The minimum atomic E-state index is 1.22. The fourth-order valence-corrected chi connectivity index (χ4v) is 1.18. The van der Waals surface area contributed by atoms with Crippen LogP contribution in [0.1, 0.15) is 20.8 Å². The monoisotopic (exact) mass is 120 g/mol. The van der Waals surface area contributed by atoms with Gasteiger partial charge in [-0.3, -0.25) is 0 Å². The van der Waals surface area contributed by atoms with E-state index in [1.807, 2.05) is 0 Å². The first-order chi connectivity index (χ1) is 4.18. The normalized spacial score (nSPS) is 23.0. The molecule has 0 heterocycles. The van der Waals surface area contributed by atoms with E-state index in [2.05, 4.69) is 33.4 Å². The Hall–Kier alpha value is -0.780. The van der Waals surface area contributed by atoms with Gasteiger partial charge in [0.2, 0.25) is 0 Å². The molecule has 0 spiro atoms. The summed E-state index contributed by atoms with van der Waals surface area (Å²) in [5.41, 5.74) is 5.33. The number of rotatable bonds is 0. The van der Waals surface area contributed by atoms with Gasteiger partial charge in [-0.15, -0.1) is 0 Å². The third-order valence-corrected chi connectivity index (χ3v) is 2.03. The van der Waals surface area contributed by atoms with Crippen molar-refractivity contribution in [3.63, 3.8) is 0 Å². The Morgan fingerprint density at radius 3 is 2.00 bits per heavy atom. The molecule has 1 rings (SSSR count). The van der Waals surface area contributed by atoms with Gasteiger partial charge in [0.25, 0.3) is 0 Å². The molecule has 0 heteroatoms. The van der Waals surface area contributed by atoms with Crippen molar-refractivity contribution in [3.05, 3.63) is 34.9 Å². The van der Waals surface area contributed by atoms with Crippen LogP contribution >= 0.6 is 0 Å². The van der Waals surface area contributed by atoms with E-state index < -0.39 is 0 Å². The first-order valence-electron chi connectivity index (χ1n) is 3.22. The summed E-state index contributed by atoms with van der Waals surface area (Å²) in [6, 6.07) is 0. The van der Waals surface area contributed by atoms with Gasteiger partial charge in [0, 0.05) is 0 Å². The van der Waals surface area contributed by atoms with Gasteiger partial charge in [-0.2, -0.15) is 0 Å². The molecule has 0 bridgehead atoms. The Labute approximate surface area is 56.6 Å². The maximum atomic E-state index is 3.92. The Morgan fingerprint density at radius 1 is 1.22 bits per heavy atom. The van der Waals surface area contributed by atoms with Crippen molar-refractivity contribution >= 4 is 0 Å². The molecule has 0 radical (unpaired) electrons. The number of hydrogen-bond donors (Lipinski definition) is 0. The SMILES string of the molecule is C=C1C(=CC)C(C)=C1C. The lowest BCUT2D eigenvalue weighted by Crippen LogP contribution is -2.05. The first-order valence-corrected chi connectivity index (χ1v) is 3.22. The summed E-state index contributed by atoms with van der Waals surface area (Å²) in [6.07, 6.45) is 2.12. The Bertz CT molecular complexity index is 214. The van der Waals surface area contributed by atoms with Crippen LogP contribution in [0.25, 0.3) is 0 Å². The van der Waals surface area contributed by atoms with E-state index in [9.17, 15) is 0 Å². The van der Waals surface area contributed by atoms with Crippen molar-refractivity contribution in [1.82, 2.24) is 0 Å². The second-order valence-electron chi connectivity index (χ2n) is 2.43. The molecule has 0 unspecified atom stereocenters. The van der Waals surface area contributed by atoms with Crippen molar-refractivity contribution in [1.29, 1.82) is 0 Å². The number of allylic oxidation sites excluding steroid dienone is 5. The minimum Gasteiger partial charge on any atom is -0.0909 e. The highest BCUT2D eigenvalue weighted by atomic mass is 14.2. The molecule has 0 saturated carbocycles. The summed E-state index contributed by atoms with van der Waals surface area (Å²) in [6.45, 7) is 10.2. The lowest BCUT2D eigenvalue weighted by molar-refractivity contribution is 1.16. The highest BCUT2D eigenvalue weighted by molar-refractivity contribution is 5.66. The van der Waals surface area contributed by atoms with Crippen LogP contribution in [-0.2, 0) is 0 Å². The lowest BCUT2D eigenvalue weighted by atomic mass is 9.80. The van der Waals surface area contributed by atoms with E-state index in [1.165, 1.54) is 22.3 Å². The van der Waals surface area contributed by atoms with Gasteiger partial charge >= 0.3 is 0 Å². The van der Waals surface area contributed by atoms with Gasteiger partial charge in [0.1, 0.15) is 0 Å². The molecule has 0 atom stereocenters. The Morgan fingerprint density at radius 2 is 1.78 bits per heavy atom. The van der Waals surface area contributed by atoms with Crippen LogP contribution in [0.4, 0.5) is 0 Å². The standard InChI is InChI=1S/C9H12/c1-5-9-7(3)6(2)8(9)4/h5H,3H2,1-2,4H3. The zero-order chi connectivity index (χ0) is 7.02. The van der Waals surface area contributed by atoms with Crippen molar-refractivity contribution in [2.45, 2.75) is 20.8 Å². The van der Waals surface area contributed by atoms with Crippen molar-refractivity contribution in [2.75, 3.05) is 0 Å². The lowest BCUT2D eigenvalue weighted by Gasteiger charge is -2.24. The van der Waals surface area contributed by atoms with Gasteiger partial charge in [-0.25, -0.2) is 0 Å². The third kappa shape index (κ3) is 0.663. The molecule has 0 nitrogen and oxygen atoms in total. The van der Waals surface area contributed by atoms with E-state index in [1.54, 1.807) is 0 Å². The summed E-state index contributed by atoms with van der Waals surface area (Å²) < 4.78 is 0. The maximum absolute atomic E-state index is 3.92. The van der Waals surface area contributed by atoms with Crippen molar-refractivity contribution < 1.29 is 0 Å². The molecule has 48 valence electrons. The molecule has 0 aliphatic heterocycles. The van der Waals surface area contributed by atoms with Gasteiger partial charge in [-0.05, 0) is 43.1 Å². The summed E-state index contributed by atoms with van der Waals surface area (Å²) in [7, 11) is 0. The van der Waals surface area contributed by atoms with Crippen LogP contribution in [0, 0.1) is 0 Å². The second kappa shape index (κ2) is 1.87. The quantitative estimate of drug-likeness (QED) is 0.461. The van der Waals surface area contributed by atoms with E-state index in [4.69, 9.17) is 0 Å². The summed E-state index contributed by atoms with van der Waals surface area (Å²) >= 11 is 0. The van der Waals surface area contributed by atoms with Crippen LogP contribution in [0.5, 0.6) is 0 Å². The summed E-state index contributed by atoms with van der Waals surface area (Å²) in [5, 5.41) is 0. The highest BCUT2D eigenvalue weighted by Crippen LogP contribution is 2.37. The minimum absolute atomic E-state index is 1.22. The predicted molar refractivity (Wildman–Crippen MR) is 41.3 cm³/mol. The Balaban J connectivity index is 3.06. The zero-order valence-corrected chi connectivity index (χ0v) is 6.28.